The molecule has 1 saturated heterocycles. The Labute approximate surface area is 193 Å². The lowest BCUT2D eigenvalue weighted by atomic mass is 10.1. The maximum atomic E-state index is 13.7. The first kappa shape index (κ1) is 22.6. The van der Waals surface area contributed by atoms with Gasteiger partial charge in [0, 0.05) is 30.7 Å². The number of amides is 1. The number of benzene rings is 2. The zero-order valence-corrected chi connectivity index (χ0v) is 19.2. The molecule has 0 spiro atoms. The predicted octanol–water partition coefficient (Wildman–Crippen LogP) is 4.93. The number of likely N-dealkylation sites (N-methyl/N-ethyl adjacent to an activating group) is 1. The third kappa shape index (κ3) is 5.59. The lowest BCUT2D eigenvalue weighted by Crippen LogP contribution is -2.49. The minimum Gasteiger partial charge on any atom is -0.293 e. The average molecular weight is 453 g/mol. The molecule has 5 nitrogen and oxygen atoms in total. The number of halogens is 1. The molecule has 1 aromatic heterocycles. The van der Waals surface area contributed by atoms with E-state index in [4.69, 9.17) is 0 Å². The molecule has 2 heterocycles. The van der Waals surface area contributed by atoms with Crippen molar-refractivity contribution in [2.75, 3.05) is 31.6 Å². The molecule has 32 heavy (non-hydrogen) atoms. The number of aromatic nitrogens is 1. The van der Waals surface area contributed by atoms with Crippen LogP contribution in [0.25, 0.3) is 0 Å². The number of hydrogen-bond acceptors (Lipinski definition) is 5. The van der Waals surface area contributed by atoms with Gasteiger partial charge in [-0.3, -0.25) is 19.5 Å². The molecule has 4 rings (SSSR count). The van der Waals surface area contributed by atoms with Crippen molar-refractivity contribution in [2.24, 2.45) is 0 Å². The summed E-state index contributed by atoms with van der Waals surface area (Å²) in [5.41, 5.74) is 4.51. The van der Waals surface area contributed by atoms with Crippen LogP contribution >= 0.6 is 11.3 Å². The number of thiazole rings is 1. The van der Waals surface area contributed by atoms with Crippen molar-refractivity contribution in [1.29, 1.82) is 0 Å². The van der Waals surface area contributed by atoms with E-state index in [1.807, 2.05) is 35.5 Å². The molecule has 3 aromatic rings. The monoisotopic (exact) mass is 452 g/mol. The number of nitrogens with zero attached hydrogens (tertiary/aromatic N) is 4. The number of carbonyl (C=O) groups excluding carboxylic acids is 1. The molecule has 1 unspecified atom stereocenters. The first-order valence-electron chi connectivity index (χ1n) is 11.0. The molecule has 0 bridgehead atoms. The molecule has 2 aromatic carbocycles. The summed E-state index contributed by atoms with van der Waals surface area (Å²) < 4.78 is 13.7. The van der Waals surface area contributed by atoms with E-state index in [2.05, 4.69) is 22.0 Å². The van der Waals surface area contributed by atoms with Gasteiger partial charge in [-0.2, -0.15) is 0 Å². The van der Waals surface area contributed by atoms with E-state index in [9.17, 15) is 9.18 Å². The van der Waals surface area contributed by atoms with E-state index < -0.39 is 0 Å². The van der Waals surface area contributed by atoms with Crippen LogP contribution in [0, 0.1) is 5.82 Å². The highest BCUT2D eigenvalue weighted by atomic mass is 32.1. The van der Waals surface area contributed by atoms with Gasteiger partial charge in [-0.1, -0.05) is 36.8 Å². The first-order chi connectivity index (χ1) is 15.6. The topological polar surface area (TPSA) is 39.7 Å². The Kier molecular flexibility index (Phi) is 7.63. The van der Waals surface area contributed by atoms with E-state index in [1.54, 1.807) is 22.5 Å². The average Bonchev–Trinajstić information content (AvgIpc) is 3.33. The minimum atomic E-state index is -0.314. The third-order valence-corrected chi connectivity index (χ3v) is 6.38. The lowest BCUT2D eigenvalue weighted by Gasteiger charge is -2.41. The lowest BCUT2D eigenvalue weighted by molar-refractivity contribution is -0.121. The Balaban J connectivity index is 1.63. The van der Waals surface area contributed by atoms with E-state index in [1.165, 1.54) is 29.9 Å². The van der Waals surface area contributed by atoms with Gasteiger partial charge in [0.1, 0.15) is 12.0 Å². The smallest absolute Gasteiger partial charge is 0.242 e. The summed E-state index contributed by atoms with van der Waals surface area (Å²) in [5.74, 6) is -0.343. The van der Waals surface area contributed by atoms with Gasteiger partial charge in [0.2, 0.25) is 5.91 Å². The second-order valence-corrected chi connectivity index (χ2v) is 9.00. The molecule has 168 valence electrons. The fourth-order valence-corrected chi connectivity index (χ4v) is 4.84. The van der Waals surface area contributed by atoms with Crippen molar-refractivity contribution < 1.29 is 9.18 Å². The second kappa shape index (κ2) is 10.8. The summed E-state index contributed by atoms with van der Waals surface area (Å²) in [6.07, 6.45) is 3.09. The molecule has 0 radical (unpaired) electrons. The normalized spacial score (nSPS) is 15.6. The van der Waals surface area contributed by atoms with Crippen LogP contribution in [-0.2, 0) is 11.3 Å². The molecule has 1 amide bonds. The van der Waals surface area contributed by atoms with Crippen LogP contribution in [0.1, 0.15) is 36.7 Å². The summed E-state index contributed by atoms with van der Waals surface area (Å²) >= 11 is 1.53. The fourth-order valence-electron chi connectivity index (χ4n) is 4.28. The number of hydrogen-bond donors (Lipinski definition) is 0. The van der Waals surface area contributed by atoms with Gasteiger partial charge in [-0.15, -0.1) is 11.3 Å². The van der Waals surface area contributed by atoms with Crippen LogP contribution in [-0.4, -0.2) is 47.4 Å². The maximum absolute atomic E-state index is 13.7. The molecule has 0 N–H and O–H groups in total. The van der Waals surface area contributed by atoms with E-state index in [0.717, 1.165) is 37.2 Å². The Morgan fingerprint density at radius 3 is 2.47 bits per heavy atom. The molecule has 1 atom stereocenters. The fraction of sp³-hybridized carbons (Fsp3) is 0.360. The zero-order valence-electron chi connectivity index (χ0n) is 18.4. The van der Waals surface area contributed by atoms with Gasteiger partial charge in [0.15, 0.2) is 0 Å². The van der Waals surface area contributed by atoms with E-state index >= 15 is 0 Å². The minimum absolute atomic E-state index is 0.0291. The summed E-state index contributed by atoms with van der Waals surface area (Å²) in [4.78, 5) is 24.5. The molecule has 1 fully saturated rings. The Hall–Kier alpha value is -2.61. The Bertz CT molecular complexity index is 975. The van der Waals surface area contributed by atoms with Crippen LogP contribution in [0.3, 0.4) is 0 Å². The predicted molar refractivity (Wildman–Crippen MR) is 127 cm³/mol. The first-order valence-corrected chi connectivity index (χ1v) is 12.0. The highest BCUT2D eigenvalue weighted by molar-refractivity contribution is 7.07. The van der Waals surface area contributed by atoms with Gasteiger partial charge < -0.3 is 0 Å². The quantitative estimate of drug-likeness (QED) is 0.486. The molecule has 0 aliphatic carbocycles. The maximum Gasteiger partial charge on any atom is 0.242 e. The van der Waals surface area contributed by atoms with E-state index in [-0.39, 0.29) is 24.4 Å². The van der Waals surface area contributed by atoms with Gasteiger partial charge in [0.05, 0.1) is 17.7 Å². The Morgan fingerprint density at radius 2 is 1.81 bits per heavy atom. The zero-order chi connectivity index (χ0) is 22.3. The highest BCUT2D eigenvalue weighted by Gasteiger charge is 2.34. The van der Waals surface area contributed by atoms with Gasteiger partial charge in [0.25, 0.3) is 0 Å². The standard InChI is InChI=1S/C25H29FN4OS/c1-28(16-20-8-4-2-5-9-20)17-24(31)30(22-12-10-21(26)11-13-22)25(23-18-32-19-27-23)29-14-6-3-7-15-29/h2,4-5,8-13,18-19,25H,3,6-7,14-17H2,1H3. The molecule has 0 saturated carbocycles. The SMILES string of the molecule is CN(CC(=O)N(c1ccc(F)cc1)C(c1cscn1)N1CCCCC1)Cc1ccccc1. The number of anilines is 1. The van der Waals surface area contributed by atoms with Crippen LogP contribution in [0.4, 0.5) is 10.1 Å². The van der Waals surface area contributed by atoms with E-state index in [0.29, 0.717) is 12.2 Å². The van der Waals surface area contributed by atoms with Crippen LogP contribution in [0.5, 0.6) is 0 Å². The summed E-state index contributed by atoms with van der Waals surface area (Å²) in [7, 11) is 1.95. The molecule has 1 aliphatic rings. The molecule has 1 aliphatic heterocycles. The number of rotatable bonds is 8. The van der Waals surface area contributed by atoms with Crippen LogP contribution < -0.4 is 4.90 Å². The Morgan fingerprint density at radius 1 is 1.09 bits per heavy atom. The summed E-state index contributed by atoms with van der Waals surface area (Å²) in [6.45, 7) is 2.75. The number of carbonyl (C=O) groups is 1. The number of piperidine rings is 1. The van der Waals surface area contributed by atoms with Crippen molar-refractivity contribution in [2.45, 2.75) is 32.0 Å². The third-order valence-electron chi connectivity index (χ3n) is 5.77. The summed E-state index contributed by atoms with van der Waals surface area (Å²) in [6, 6.07) is 16.3. The second-order valence-electron chi connectivity index (χ2n) is 8.28. The van der Waals surface area contributed by atoms with Crippen LogP contribution in [0.15, 0.2) is 65.5 Å². The molecule has 7 heteroatoms. The highest BCUT2D eigenvalue weighted by Crippen LogP contribution is 2.32. The van der Waals surface area contributed by atoms with Crippen molar-refractivity contribution in [3.63, 3.8) is 0 Å². The summed E-state index contributed by atoms with van der Waals surface area (Å²) in [5, 5.41) is 2.01. The van der Waals surface area contributed by atoms with Gasteiger partial charge >= 0.3 is 0 Å². The van der Waals surface area contributed by atoms with Gasteiger partial charge in [-0.25, -0.2) is 9.37 Å². The van der Waals surface area contributed by atoms with Gasteiger partial charge in [-0.05, 0) is 49.7 Å². The van der Waals surface area contributed by atoms with Crippen molar-refractivity contribution in [3.8, 4) is 0 Å². The van der Waals surface area contributed by atoms with Crippen molar-refractivity contribution in [3.05, 3.63) is 82.6 Å². The van der Waals surface area contributed by atoms with Crippen molar-refractivity contribution in [1.82, 2.24) is 14.8 Å². The van der Waals surface area contributed by atoms with Crippen LogP contribution in [0.2, 0.25) is 0 Å². The largest absolute Gasteiger partial charge is 0.293 e. The van der Waals surface area contributed by atoms with Crippen molar-refractivity contribution >= 4 is 22.9 Å². The molecular formula is C25H29FN4OS. The number of likely N-dealkylation sites (tertiary alicyclic amines) is 1. The molecular weight excluding hydrogens is 423 g/mol.